The molecule has 0 saturated carbocycles. The first-order valence-corrected chi connectivity index (χ1v) is 6.97. The third-order valence-corrected chi connectivity index (χ3v) is 3.79. The van der Waals surface area contributed by atoms with Crippen molar-refractivity contribution in [2.75, 3.05) is 31.6 Å². The first kappa shape index (κ1) is 13.9. The molecule has 1 atom stereocenters. The Hall–Kier alpha value is -1.55. The molecule has 0 aromatic heterocycles. The molecule has 19 heavy (non-hydrogen) atoms. The van der Waals surface area contributed by atoms with Crippen LogP contribution in [0.3, 0.4) is 0 Å². The molecule has 104 valence electrons. The third kappa shape index (κ3) is 3.07. The zero-order chi connectivity index (χ0) is 13.8. The summed E-state index contributed by atoms with van der Waals surface area (Å²) in [5.74, 6) is 0.178. The number of likely N-dealkylation sites (N-methyl/N-ethyl adjacent to an activating group) is 1. The average Bonchev–Trinajstić information content (AvgIpc) is 2.60. The van der Waals surface area contributed by atoms with E-state index < -0.39 is 0 Å². The van der Waals surface area contributed by atoms with E-state index in [9.17, 15) is 4.79 Å². The van der Waals surface area contributed by atoms with Crippen LogP contribution < -0.4 is 10.6 Å². The number of benzene rings is 1. The number of hydrogen-bond donors (Lipinski definition) is 1. The standard InChI is InChI=1S/C15H23N3O/c1-3-13(16)12-7-4-5-8-14(12)18-10-6-9-17(2)15(19)11-18/h4-5,7-8,13H,3,6,9-11,16H2,1-2H3/t13-/m1/s1. The maximum atomic E-state index is 12.0. The minimum atomic E-state index is 0.0345. The molecule has 1 saturated heterocycles. The Labute approximate surface area is 115 Å². The zero-order valence-electron chi connectivity index (χ0n) is 11.8. The molecule has 0 bridgehead atoms. The van der Waals surface area contributed by atoms with Crippen LogP contribution in [0.4, 0.5) is 5.69 Å². The summed E-state index contributed by atoms with van der Waals surface area (Å²) in [7, 11) is 1.87. The van der Waals surface area contributed by atoms with E-state index in [2.05, 4.69) is 24.0 Å². The number of amides is 1. The van der Waals surface area contributed by atoms with Gasteiger partial charge in [-0.3, -0.25) is 4.79 Å². The number of anilines is 1. The highest BCUT2D eigenvalue weighted by molar-refractivity contribution is 5.82. The summed E-state index contributed by atoms with van der Waals surface area (Å²) in [6.07, 6.45) is 1.90. The number of para-hydroxylation sites is 1. The van der Waals surface area contributed by atoms with Crippen LogP contribution in [-0.2, 0) is 4.79 Å². The van der Waals surface area contributed by atoms with Gasteiger partial charge in [-0.2, -0.15) is 0 Å². The molecule has 2 rings (SSSR count). The Morgan fingerprint density at radius 2 is 2.05 bits per heavy atom. The van der Waals surface area contributed by atoms with Gasteiger partial charge in [-0.1, -0.05) is 25.1 Å². The fourth-order valence-corrected chi connectivity index (χ4v) is 2.50. The van der Waals surface area contributed by atoms with Gasteiger partial charge in [0.1, 0.15) is 0 Å². The van der Waals surface area contributed by atoms with E-state index in [0.29, 0.717) is 6.54 Å². The van der Waals surface area contributed by atoms with Crippen LogP contribution in [0.5, 0.6) is 0 Å². The molecule has 2 N–H and O–H groups in total. The lowest BCUT2D eigenvalue weighted by molar-refractivity contribution is -0.127. The molecule has 0 spiro atoms. The van der Waals surface area contributed by atoms with E-state index in [1.807, 2.05) is 24.1 Å². The monoisotopic (exact) mass is 261 g/mol. The predicted octanol–water partition coefficient (Wildman–Crippen LogP) is 1.76. The fraction of sp³-hybridized carbons (Fsp3) is 0.533. The molecule has 0 aliphatic carbocycles. The second-order valence-corrected chi connectivity index (χ2v) is 5.16. The lowest BCUT2D eigenvalue weighted by Gasteiger charge is -2.26. The lowest BCUT2D eigenvalue weighted by Crippen LogP contribution is -2.35. The van der Waals surface area contributed by atoms with E-state index >= 15 is 0 Å². The Balaban J connectivity index is 2.28. The number of nitrogens with two attached hydrogens (primary N) is 1. The highest BCUT2D eigenvalue weighted by atomic mass is 16.2. The van der Waals surface area contributed by atoms with Gasteiger partial charge in [-0.05, 0) is 24.5 Å². The molecule has 1 aromatic carbocycles. The normalized spacial score (nSPS) is 18.4. The summed E-state index contributed by atoms with van der Waals surface area (Å²) in [5.41, 5.74) is 8.43. The van der Waals surface area contributed by atoms with Gasteiger partial charge in [0, 0.05) is 31.9 Å². The van der Waals surface area contributed by atoms with Crippen molar-refractivity contribution < 1.29 is 4.79 Å². The van der Waals surface area contributed by atoms with Crippen molar-refractivity contribution in [1.29, 1.82) is 0 Å². The summed E-state index contributed by atoms with van der Waals surface area (Å²) < 4.78 is 0. The van der Waals surface area contributed by atoms with Crippen LogP contribution in [0, 0.1) is 0 Å². The minimum Gasteiger partial charge on any atom is -0.362 e. The Bertz CT molecular complexity index is 447. The lowest BCUT2D eigenvalue weighted by atomic mass is 10.0. The van der Waals surface area contributed by atoms with Crippen molar-refractivity contribution in [2.24, 2.45) is 5.73 Å². The largest absolute Gasteiger partial charge is 0.362 e. The maximum Gasteiger partial charge on any atom is 0.241 e. The SMILES string of the molecule is CC[C@@H](N)c1ccccc1N1CCCN(C)C(=O)C1. The van der Waals surface area contributed by atoms with Crippen LogP contribution >= 0.6 is 0 Å². The molecule has 4 nitrogen and oxygen atoms in total. The number of nitrogens with zero attached hydrogens (tertiary/aromatic N) is 2. The summed E-state index contributed by atoms with van der Waals surface area (Å²) >= 11 is 0. The average molecular weight is 261 g/mol. The topological polar surface area (TPSA) is 49.6 Å². The molecule has 1 aliphatic rings. The minimum absolute atomic E-state index is 0.0345. The van der Waals surface area contributed by atoms with Crippen LogP contribution in [-0.4, -0.2) is 37.5 Å². The van der Waals surface area contributed by atoms with E-state index in [1.165, 1.54) is 0 Å². The molecule has 1 heterocycles. The van der Waals surface area contributed by atoms with Crippen LogP contribution in [0.25, 0.3) is 0 Å². The zero-order valence-corrected chi connectivity index (χ0v) is 11.8. The summed E-state index contributed by atoms with van der Waals surface area (Å²) in [6.45, 7) is 4.27. The summed E-state index contributed by atoms with van der Waals surface area (Å²) in [4.78, 5) is 16.0. The highest BCUT2D eigenvalue weighted by Gasteiger charge is 2.21. The number of carbonyl (C=O) groups is 1. The smallest absolute Gasteiger partial charge is 0.241 e. The van der Waals surface area contributed by atoms with Gasteiger partial charge in [-0.15, -0.1) is 0 Å². The van der Waals surface area contributed by atoms with Crippen molar-refractivity contribution in [3.63, 3.8) is 0 Å². The van der Waals surface area contributed by atoms with Crippen molar-refractivity contribution >= 4 is 11.6 Å². The third-order valence-electron chi connectivity index (χ3n) is 3.79. The number of carbonyl (C=O) groups excluding carboxylic acids is 1. The maximum absolute atomic E-state index is 12.0. The number of rotatable bonds is 3. The Morgan fingerprint density at radius 3 is 2.79 bits per heavy atom. The van der Waals surface area contributed by atoms with Crippen molar-refractivity contribution in [2.45, 2.75) is 25.8 Å². The molecule has 1 aliphatic heterocycles. The van der Waals surface area contributed by atoms with Gasteiger partial charge in [0.2, 0.25) is 5.91 Å². The van der Waals surface area contributed by atoms with Crippen molar-refractivity contribution in [1.82, 2.24) is 4.90 Å². The quantitative estimate of drug-likeness (QED) is 0.902. The van der Waals surface area contributed by atoms with Gasteiger partial charge >= 0.3 is 0 Å². The molecule has 1 fully saturated rings. The predicted molar refractivity (Wildman–Crippen MR) is 78.1 cm³/mol. The van der Waals surface area contributed by atoms with Crippen LogP contribution in [0.1, 0.15) is 31.4 Å². The Morgan fingerprint density at radius 1 is 1.32 bits per heavy atom. The van der Waals surface area contributed by atoms with E-state index in [1.54, 1.807) is 0 Å². The van der Waals surface area contributed by atoms with Gasteiger partial charge in [0.15, 0.2) is 0 Å². The second kappa shape index (κ2) is 6.06. The molecule has 1 aromatic rings. The second-order valence-electron chi connectivity index (χ2n) is 5.16. The molecular weight excluding hydrogens is 238 g/mol. The van der Waals surface area contributed by atoms with Gasteiger partial charge in [-0.25, -0.2) is 0 Å². The fourth-order valence-electron chi connectivity index (χ4n) is 2.50. The molecule has 0 radical (unpaired) electrons. The molecule has 4 heteroatoms. The number of hydrogen-bond acceptors (Lipinski definition) is 3. The first-order chi connectivity index (χ1) is 9.13. The van der Waals surface area contributed by atoms with Crippen LogP contribution in [0.2, 0.25) is 0 Å². The first-order valence-electron chi connectivity index (χ1n) is 6.97. The summed E-state index contributed by atoms with van der Waals surface area (Å²) in [5, 5.41) is 0. The van der Waals surface area contributed by atoms with E-state index in [-0.39, 0.29) is 11.9 Å². The van der Waals surface area contributed by atoms with Gasteiger partial charge in [0.25, 0.3) is 0 Å². The van der Waals surface area contributed by atoms with Gasteiger partial charge < -0.3 is 15.5 Å². The Kier molecular flexibility index (Phi) is 4.43. The molecular formula is C15H23N3O. The van der Waals surface area contributed by atoms with E-state index in [0.717, 1.165) is 37.2 Å². The van der Waals surface area contributed by atoms with Crippen molar-refractivity contribution in [3.8, 4) is 0 Å². The van der Waals surface area contributed by atoms with Crippen LogP contribution in [0.15, 0.2) is 24.3 Å². The molecule has 0 unspecified atom stereocenters. The van der Waals surface area contributed by atoms with Crippen molar-refractivity contribution in [3.05, 3.63) is 29.8 Å². The highest BCUT2D eigenvalue weighted by Crippen LogP contribution is 2.27. The van der Waals surface area contributed by atoms with E-state index in [4.69, 9.17) is 5.73 Å². The van der Waals surface area contributed by atoms with Gasteiger partial charge in [0.05, 0.1) is 6.54 Å². The summed E-state index contributed by atoms with van der Waals surface area (Å²) in [6, 6.07) is 8.21. The molecule has 1 amide bonds.